The zero-order valence-electron chi connectivity index (χ0n) is 13.8. The monoisotopic (exact) mass is 339 g/mol. The van der Waals surface area contributed by atoms with Crippen molar-refractivity contribution in [3.8, 4) is 0 Å². The molecule has 0 unspecified atom stereocenters. The Morgan fingerprint density at radius 3 is 2.67 bits per heavy atom. The van der Waals surface area contributed by atoms with E-state index in [9.17, 15) is 0 Å². The van der Waals surface area contributed by atoms with Crippen LogP contribution < -0.4 is 10.3 Å². The number of hydrazone groups is 1. The summed E-state index contributed by atoms with van der Waals surface area (Å²) in [5.74, 6) is 0.682. The molecule has 24 heavy (non-hydrogen) atoms. The number of para-hydroxylation sites is 2. The molecule has 0 amide bonds. The Hall–Kier alpha value is -2.66. The summed E-state index contributed by atoms with van der Waals surface area (Å²) in [5.41, 5.74) is 4.46. The first-order valence-corrected chi connectivity index (χ1v) is 7.94. The number of fused-ring (bicyclic) bond motifs is 1. The lowest BCUT2D eigenvalue weighted by Gasteiger charge is -2.15. The molecule has 0 spiro atoms. The van der Waals surface area contributed by atoms with E-state index >= 15 is 0 Å². The van der Waals surface area contributed by atoms with E-state index in [1.165, 1.54) is 0 Å². The van der Waals surface area contributed by atoms with Gasteiger partial charge in [0.2, 0.25) is 0 Å². The summed E-state index contributed by atoms with van der Waals surface area (Å²) in [6.07, 6.45) is 1.72. The molecule has 0 fully saturated rings. The fourth-order valence-electron chi connectivity index (χ4n) is 2.47. The summed E-state index contributed by atoms with van der Waals surface area (Å²) in [6, 6.07) is 13.4. The molecule has 2 aromatic carbocycles. The maximum atomic E-state index is 6.12. The van der Waals surface area contributed by atoms with Gasteiger partial charge in [-0.15, -0.1) is 0 Å². The molecule has 0 bridgehead atoms. The van der Waals surface area contributed by atoms with Crippen LogP contribution in [0.2, 0.25) is 5.02 Å². The van der Waals surface area contributed by atoms with E-state index in [1.807, 2.05) is 63.5 Å². The van der Waals surface area contributed by atoms with E-state index in [2.05, 4.69) is 20.4 Å². The number of benzene rings is 2. The lowest BCUT2D eigenvalue weighted by atomic mass is 10.1. The fourth-order valence-corrected chi connectivity index (χ4v) is 2.64. The van der Waals surface area contributed by atoms with Gasteiger partial charge in [-0.2, -0.15) is 5.10 Å². The number of anilines is 2. The van der Waals surface area contributed by atoms with Crippen LogP contribution in [0.15, 0.2) is 53.8 Å². The summed E-state index contributed by atoms with van der Waals surface area (Å²) < 4.78 is 0. The van der Waals surface area contributed by atoms with Crippen LogP contribution in [0.4, 0.5) is 11.5 Å². The molecule has 1 aromatic heterocycles. The first kappa shape index (κ1) is 16.2. The van der Waals surface area contributed by atoms with Crippen LogP contribution in [0.5, 0.6) is 0 Å². The molecule has 122 valence electrons. The van der Waals surface area contributed by atoms with Crippen molar-refractivity contribution in [2.75, 3.05) is 24.4 Å². The molecule has 6 heteroatoms. The third kappa shape index (κ3) is 3.31. The number of hydrogen-bond acceptors (Lipinski definition) is 5. The van der Waals surface area contributed by atoms with E-state index in [4.69, 9.17) is 11.6 Å². The first-order valence-electron chi connectivity index (χ1n) is 7.57. The molecule has 3 rings (SSSR count). The maximum absolute atomic E-state index is 6.12. The second kappa shape index (κ2) is 6.84. The highest BCUT2D eigenvalue weighted by atomic mass is 35.5. The molecule has 3 aromatic rings. The molecule has 0 radical (unpaired) electrons. The van der Waals surface area contributed by atoms with Gasteiger partial charge in [0.1, 0.15) is 0 Å². The van der Waals surface area contributed by atoms with Gasteiger partial charge in [0.15, 0.2) is 5.82 Å². The minimum atomic E-state index is 0.673. The molecular weight excluding hydrogens is 322 g/mol. The van der Waals surface area contributed by atoms with Crippen molar-refractivity contribution in [3.05, 3.63) is 59.2 Å². The number of nitrogens with one attached hydrogen (secondary N) is 1. The van der Waals surface area contributed by atoms with Gasteiger partial charge in [-0.25, -0.2) is 9.99 Å². The molecule has 1 N–H and O–H groups in total. The van der Waals surface area contributed by atoms with Gasteiger partial charge in [-0.05, 0) is 37.3 Å². The average molecular weight is 340 g/mol. The van der Waals surface area contributed by atoms with Gasteiger partial charge < -0.3 is 5.32 Å². The van der Waals surface area contributed by atoms with Crippen LogP contribution >= 0.6 is 11.6 Å². The number of rotatable bonds is 4. The molecule has 0 aliphatic heterocycles. The Balaban J connectivity index is 1.95. The fraction of sp³-hybridized carbons (Fsp3) is 0.167. The predicted molar refractivity (Wildman–Crippen MR) is 101 cm³/mol. The highest BCUT2D eigenvalue weighted by Crippen LogP contribution is 2.22. The minimum Gasteiger partial charge on any atom is -0.388 e. The minimum absolute atomic E-state index is 0.673. The van der Waals surface area contributed by atoms with Crippen LogP contribution in [0, 0.1) is 0 Å². The molecule has 0 aliphatic carbocycles. The number of nitrogens with zero attached hydrogens (tertiary/aromatic N) is 4. The van der Waals surface area contributed by atoms with Gasteiger partial charge in [-0.1, -0.05) is 23.7 Å². The van der Waals surface area contributed by atoms with Crippen LogP contribution in [0.25, 0.3) is 11.0 Å². The van der Waals surface area contributed by atoms with Gasteiger partial charge in [0.25, 0.3) is 0 Å². The molecule has 1 heterocycles. The van der Waals surface area contributed by atoms with E-state index in [-0.39, 0.29) is 0 Å². The van der Waals surface area contributed by atoms with Gasteiger partial charge in [-0.3, -0.25) is 4.98 Å². The Kier molecular flexibility index (Phi) is 4.62. The summed E-state index contributed by atoms with van der Waals surface area (Å²) in [7, 11) is 3.73. The summed E-state index contributed by atoms with van der Waals surface area (Å²) in [5, 5.41) is 10.2. The van der Waals surface area contributed by atoms with Crippen molar-refractivity contribution in [2.24, 2.45) is 5.10 Å². The largest absolute Gasteiger partial charge is 0.388 e. The summed E-state index contributed by atoms with van der Waals surface area (Å²) >= 11 is 6.12. The van der Waals surface area contributed by atoms with E-state index < -0.39 is 0 Å². The second-order valence-corrected chi connectivity index (χ2v) is 5.80. The third-order valence-corrected chi connectivity index (χ3v) is 3.94. The van der Waals surface area contributed by atoms with Crippen molar-refractivity contribution in [3.63, 3.8) is 0 Å². The van der Waals surface area contributed by atoms with E-state index in [0.29, 0.717) is 10.8 Å². The highest BCUT2D eigenvalue weighted by Gasteiger charge is 2.09. The van der Waals surface area contributed by atoms with Crippen LogP contribution in [0.1, 0.15) is 12.5 Å². The van der Waals surface area contributed by atoms with Crippen LogP contribution in [0.3, 0.4) is 0 Å². The zero-order chi connectivity index (χ0) is 17.1. The van der Waals surface area contributed by atoms with Crippen molar-refractivity contribution in [2.45, 2.75) is 6.92 Å². The number of hydrogen-bond donors (Lipinski definition) is 1. The molecular formula is C18H18ClN5. The smallest absolute Gasteiger partial charge is 0.167 e. The molecule has 0 atom stereocenters. The van der Waals surface area contributed by atoms with Crippen molar-refractivity contribution >= 4 is 39.9 Å². The molecule has 5 nitrogen and oxygen atoms in total. The lowest BCUT2D eigenvalue weighted by Crippen LogP contribution is -2.15. The Bertz CT molecular complexity index is 907. The molecule has 0 saturated heterocycles. The topological polar surface area (TPSA) is 53.4 Å². The molecule has 0 saturated carbocycles. The number of halogens is 1. The predicted octanol–water partition coefficient (Wildman–Crippen LogP) is 4.19. The van der Waals surface area contributed by atoms with E-state index in [1.54, 1.807) is 11.2 Å². The Morgan fingerprint density at radius 1 is 1.17 bits per heavy atom. The van der Waals surface area contributed by atoms with Crippen molar-refractivity contribution in [1.82, 2.24) is 9.97 Å². The Labute approximate surface area is 146 Å². The van der Waals surface area contributed by atoms with Gasteiger partial charge in [0, 0.05) is 30.4 Å². The van der Waals surface area contributed by atoms with Gasteiger partial charge >= 0.3 is 0 Å². The van der Waals surface area contributed by atoms with Crippen molar-refractivity contribution in [1.29, 1.82) is 0 Å². The average Bonchev–Trinajstić information content (AvgIpc) is 2.61. The SMILES string of the molecule is CNc1ccc(Cl)cc1/C(C)=N\N(C)c1cnc2ccccc2n1. The maximum Gasteiger partial charge on any atom is 0.167 e. The van der Waals surface area contributed by atoms with Crippen molar-refractivity contribution < 1.29 is 0 Å². The highest BCUT2D eigenvalue weighted by molar-refractivity contribution is 6.31. The van der Waals surface area contributed by atoms with Crippen LogP contribution in [-0.4, -0.2) is 29.8 Å². The standard InChI is InChI=1S/C18H18ClN5/c1-12(14-10-13(19)8-9-15(14)20-2)23-24(3)18-11-21-16-6-4-5-7-17(16)22-18/h4-11,20H,1-3H3/b23-12-. The lowest BCUT2D eigenvalue weighted by molar-refractivity contribution is 0.974. The quantitative estimate of drug-likeness (QED) is 0.572. The zero-order valence-corrected chi connectivity index (χ0v) is 14.5. The van der Waals surface area contributed by atoms with Crippen LogP contribution in [-0.2, 0) is 0 Å². The Morgan fingerprint density at radius 2 is 1.92 bits per heavy atom. The summed E-state index contributed by atoms with van der Waals surface area (Å²) in [6.45, 7) is 1.94. The third-order valence-electron chi connectivity index (χ3n) is 3.71. The second-order valence-electron chi connectivity index (χ2n) is 5.37. The number of aromatic nitrogens is 2. The van der Waals surface area contributed by atoms with Gasteiger partial charge in [0.05, 0.1) is 22.9 Å². The van der Waals surface area contributed by atoms with E-state index in [0.717, 1.165) is 28.0 Å². The molecule has 0 aliphatic rings. The normalized spacial score (nSPS) is 11.6. The first-order chi connectivity index (χ1) is 11.6. The summed E-state index contributed by atoms with van der Waals surface area (Å²) in [4.78, 5) is 9.02.